The minimum atomic E-state index is 0.447. The molecule has 0 N–H and O–H groups in total. The van der Waals surface area contributed by atoms with E-state index in [0.717, 1.165) is 50.7 Å². The van der Waals surface area contributed by atoms with Gasteiger partial charge in [-0.05, 0) is 39.9 Å². The molecule has 1 aliphatic heterocycles. The van der Waals surface area contributed by atoms with Crippen molar-refractivity contribution in [3.05, 3.63) is 30.6 Å². The normalized spacial score (nSPS) is 17.7. The maximum atomic E-state index is 4.76. The fourth-order valence-corrected chi connectivity index (χ4v) is 3.54. The number of imidazole rings is 1. The number of nitrogens with zero attached hydrogens (tertiary/aromatic N) is 7. The van der Waals surface area contributed by atoms with Crippen molar-refractivity contribution in [1.29, 1.82) is 0 Å². The summed E-state index contributed by atoms with van der Waals surface area (Å²) in [7, 11) is 8.24. The van der Waals surface area contributed by atoms with Crippen LogP contribution in [0.5, 0.6) is 0 Å². The summed E-state index contributed by atoms with van der Waals surface area (Å²) in [6.07, 6.45) is 11.2. The largest absolute Gasteiger partial charge is 0.361 e. The molecule has 0 aliphatic carbocycles. The van der Waals surface area contributed by atoms with E-state index in [1.165, 1.54) is 12.2 Å². The van der Waals surface area contributed by atoms with Crippen molar-refractivity contribution in [1.82, 2.24) is 24.4 Å². The summed E-state index contributed by atoms with van der Waals surface area (Å²) in [4.78, 5) is 20.4. The van der Waals surface area contributed by atoms with Gasteiger partial charge in [-0.15, -0.1) is 0 Å². The summed E-state index contributed by atoms with van der Waals surface area (Å²) < 4.78 is 2.33. The number of hydrogen-bond acceptors (Lipinski definition) is 6. The van der Waals surface area contributed by atoms with E-state index in [9.17, 15) is 0 Å². The Morgan fingerprint density at radius 1 is 1.19 bits per heavy atom. The van der Waals surface area contributed by atoms with E-state index in [2.05, 4.69) is 44.6 Å². The van der Waals surface area contributed by atoms with Crippen LogP contribution < -0.4 is 9.80 Å². The molecule has 0 aromatic carbocycles. The lowest BCUT2D eigenvalue weighted by Crippen LogP contribution is -2.36. The smallest absolute Gasteiger partial charge is 0.149 e. The average molecular weight is 358 g/mol. The molecule has 2 aromatic heterocycles. The quantitative estimate of drug-likeness (QED) is 0.756. The van der Waals surface area contributed by atoms with Crippen LogP contribution in [0, 0.1) is 0 Å². The molecule has 1 fully saturated rings. The second-order valence-electron chi connectivity index (χ2n) is 7.55. The van der Waals surface area contributed by atoms with E-state index in [4.69, 9.17) is 4.98 Å². The number of hydrogen-bond donors (Lipinski definition) is 0. The van der Waals surface area contributed by atoms with E-state index in [1.54, 1.807) is 0 Å². The molecule has 2 aromatic rings. The van der Waals surface area contributed by atoms with Crippen LogP contribution in [0.1, 0.15) is 31.0 Å². The van der Waals surface area contributed by atoms with Crippen molar-refractivity contribution in [2.75, 3.05) is 57.6 Å². The van der Waals surface area contributed by atoms with Gasteiger partial charge in [-0.3, -0.25) is 4.98 Å². The van der Waals surface area contributed by atoms with Crippen LogP contribution in [-0.4, -0.2) is 72.2 Å². The number of aromatic nitrogens is 4. The zero-order chi connectivity index (χ0) is 18.5. The summed E-state index contributed by atoms with van der Waals surface area (Å²) in [5.74, 6) is 3.52. The monoisotopic (exact) mass is 357 g/mol. The third kappa shape index (κ3) is 4.52. The lowest BCUT2D eigenvalue weighted by molar-refractivity contribution is 0.380. The minimum absolute atomic E-state index is 0.447. The molecule has 7 nitrogen and oxygen atoms in total. The van der Waals surface area contributed by atoms with E-state index >= 15 is 0 Å². The van der Waals surface area contributed by atoms with E-state index in [1.807, 2.05) is 37.6 Å². The molecule has 1 saturated heterocycles. The summed E-state index contributed by atoms with van der Waals surface area (Å²) in [5, 5.41) is 0. The first kappa shape index (κ1) is 18.6. The molecule has 0 saturated carbocycles. The van der Waals surface area contributed by atoms with Gasteiger partial charge in [0.05, 0.1) is 12.4 Å². The summed E-state index contributed by atoms with van der Waals surface area (Å²) >= 11 is 0. The maximum absolute atomic E-state index is 4.76. The van der Waals surface area contributed by atoms with E-state index in [0.29, 0.717) is 5.92 Å². The fourth-order valence-electron chi connectivity index (χ4n) is 3.54. The van der Waals surface area contributed by atoms with Crippen LogP contribution >= 0.6 is 0 Å². The van der Waals surface area contributed by atoms with Crippen LogP contribution in [0.15, 0.2) is 24.8 Å². The second-order valence-corrected chi connectivity index (χ2v) is 7.55. The highest BCUT2D eigenvalue weighted by atomic mass is 15.2. The molecule has 3 heterocycles. The Morgan fingerprint density at radius 3 is 2.81 bits per heavy atom. The van der Waals surface area contributed by atoms with Gasteiger partial charge in [0.2, 0.25) is 0 Å². The van der Waals surface area contributed by atoms with Crippen molar-refractivity contribution in [3.63, 3.8) is 0 Å². The first-order valence-corrected chi connectivity index (χ1v) is 9.44. The third-order valence-corrected chi connectivity index (χ3v) is 4.93. The molecule has 1 aliphatic rings. The Bertz CT molecular complexity index is 695. The molecule has 1 atom stereocenters. The van der Waals surface area contributed by atoms with E-state index < -0.39 is 0 Å². The number of anilines is 2. The van der Waals surface area contributed by atoms with Gasteiger partial charge < -0.3 is 19.3 Å². The lowest BCUT2D eigenvalue weighted by Gasteiger charge is -2.33. The molecule has 26 heavy (non-hydrogen) atoms. The van der Waals surface area contributed by atoms with Crippen LogP contribution in [-0.2, 0) is 6.54 Å². The zero-order valence-corrected chi connectivity index (χ0v) is 16.5. The van der Waals surface area contributed by atoms with Crippen LogP contribution in [0.3, 0.4) is 0 Å². The molecule has 142 valence electrons. The number of rotatable bonds is 7. The van der Waals surface area contributed by atoms with Crippen LogP contribution in [0.4, 0.5) is 11.6 Å². The molecule has 0 unspecified atom stereocenters. The first-order chi connectivity index (χ1) is 12.5. The lowest BCUT2D eigenvalue weighted by atomic mass is 9.97. The van der Waals surface area contributed by atoms with Gasteiger partial charge in [-0.25, -0.2) is 9.97 Å². The minimum Gasteiger partial charge on any atom is -0.361 e. The topological polar surface area (TPSA) is 53.3 Å². The molecular formula is C19H31N7. The number of piperidine rings is 1. The van der Waals surface area contributed by atoms with Gasteiger partial charge in [0.25, 0.3) is 0 Å². The Labute approximate surface area is 156 Å². The van der Waals surface area contributed by atoms with Gasteiger partial charge in [0.1, 0.15) is 17.5 Å². The SMILES string of the molecule is CN(C)CCCn1ccnc1[C@H]1CCCN(c2cncc(N(C)C)n2)C1. The molecule has 3 rings (SSSR count). The molecule has 0 bridgehead atoms. The van der Waals surface area contributed by atoms with Crippen molar-refractivity contribution >= 4 is 11.6 Å². The third-order valence-electron chi connectivity index (χ3n) is 4.93. The highest BCUT2D eigenvalue weighted by Gasteiger charge is 2.25. The van der Waals surface area contributed by atoms with Crippen molar-refractivity contribution in [3.8, 4) is 0 Å². The van der Waals surface area contributed by atoms with Crippen molar-refractivity contribution < 1.29 is 0 Å². The van der Waals surface area contributed by atoms with Gasteiger partial charge in [0.15, 0.2) is 0 Å². The number of aryl methyl sites for hydroxylation is 1. The standard InChI is InChI=1S/C19H31N7/c1-23(2)9-6-11-25-12-8-21-19(25)16-7-5-10-26(15-16)18-14-20-13-17(22-18)24(3)4/h8,12-14,16H,5-7,9-11,15H2,1-4H3/t16-/m0/s1. The zero-order valence-electron chi connectivity index (χ0n) is 16.5. The predicted octanol–water partition coefficient (Wildman–Crippen LogP) is 2.07. The predicted molar refractivity (Wildman–Crippen MR) is 106 cm³/mol. The molecular weight excluding hydrogens is 326 g/mol. The average Bonchev–Trinajstić information content (AvgIpc) is 3.10. The molecule has 0 spiro atoms. The highest BCUT2D eigenvalue weighted by Crippen LogP contribution is 2.28. The molecule has 7 heteroatoms. The summed E-state index contributed by atoms with van der Waals surface area (Å²) in [6, 6.07) is 0. The van der Waals surface area contributed by atoms with Gasteiger partial charge in [-0.1, -0.05) is 0 Å². The highest BCUT2D eigenvalue weighted by molar-refractivity contribution is 5.45. The molecule has 0 amide bonds. The summed E-state index contributed by atoms with van der Waals surface area (Å²) in [6.45, 7) is 4.11. The Balaban J connectivity index is 1.69. The van der Waals surface area contributed by atoms with E-state index in [-0.39, 0.29) is 0 Å². The van der Waals surface area contributed by atoms with Crippen LogP contribution in [0.25, 0.3) is 0 Å². The Morgan fingerprint density at radius 2 is 2.04 bits per heavy atom. The van der Waals surface area contributed by atoms with Crippen molar-refractivity contribution in [2.24, 2.45) is 0 Å². The van der Waals surface area contributed by atoms with Crippen LogP contribution in [0.2, 0.25) is 0 Å². The first-order valence-electron chi connectivity index (χ1n) is 9.44. The van der Waals surface area contributed by atoms with Crippen molar-refractivity contribution in [2.45, 2.75) is 31.7 Å². The second kappa shape index (κ2) is 8.49. The summed E-state index contributed by atoms with van der Waals surface area (Å²) in [5.41, 5.74) is 0. The van der Waals surface area contributed by atoms with Gasteiger partial charge in [0, 0.05) is 52.0 Å². The van der Waals surface area contributed by atoms with Gasteiger partial charge >= 0.3 is 0 Å². The molecule has 0 radical (unpaired) electrons. The Kier molecular flexibility index (Phi) is 6.08. The van der Waals surface area contributed by atoms with Gasteiger partial charge in [-0.2, -0.15) is 0 Å². The maximum Gasteiger partial charge on any atom is 0.149 e. The Hall–Kier alpha value is -2.15. The fraction of sp³-hybridized carbons (Fsp3) is 0.632.